The first-order chi connectivity index (χ1) is 13.0. The Balaban J connectivity index is 1.81. The molecule has 0 spiro atoms. The molecule has 3 aromatic rings. The second-order valence-corrected chi connectivity index (χ2v) is 9.48. The zero-order valence-corrected chi connectivity index (χ0v) is 17.1. The molecular weight excluding hydrogens is 378 g/mol. The van der Waals surface area contributed by atoms with Crippen molar-refractivity contribution in [2.24, 2.45) is 0 Å². The molecule has 0 aliphatic rings. The highest BCUT2D eigenvalue weighted by molar-refractivity contribution is 7.91. The number of ether oxygens (including phenoxy) is 1. The van der Waals surface area contributed by atoms with Crippen LogP contribution in [0.15, 0.2) is 58.8 Å². The Hall–Kier alpha value is -2.87. The van der Waals surface area contributed by atoms with Crippen molar-refractivity contribution >= 4 is 21.4 Å². The van der Waals surface area contributed by atoms with Gasteiger partial charge in [0.05, 0.1) is 4.90 Å². The van der Waals surface area contributed by atoms with Crippen molar-refractivity contribution in [1.29, 1.82) is 0 Å². The molecule has 3 rings (SSSR count). The summed E-state index contributed by atoms with van der Waals surface area (Å²) in [5, 5.41) is 2.66. The Morgan fingerprint density at radius 3 is 2.50 bits per heavy atom. The number of fused-ring (bicyclic) bond motifs is 1. The van der Waals surface area contributed by atoms with Crippen molar-refractivity contribution in [2.75, 3.05) is 0 Å². The highest BCUT2D eigenvalue weighted by Crippen LogP contribution is 2.21. The Kier molecular flexibility index (Phi) is 5.16. The van der Waals surface area contributed by atoms with E-state index in [1.807, 2.05) is 6.92 Å². The summed E-state index contributed by atoms with van der Waals surface area (Å²) in [4.78, 5) is 16.1. The number of rotatable bonds is 4. The average molecular weight is 401 g/mol. The van der Waals surface area contributed by atoms with Gasteiger partial charge < -0.3 is 14.5 Å². The summed E-state index contributed by atoms with van der Waals surface area (Å²) in [7, 11) is -3.70. The maximum atomic E-state index is 12.8. The number of amides is 1. The molecule has 7 nitrogen and oxygen atoms in total. The van der Waals surface area contributed by atoms with Crippen LogP contribution in [-0.2, 0) is 21.1 Å². The minimum atomic E-state index is -3.70. The fraction of sp³-hybridized carbons (Fsp3) is 0.300. The second kappa shape index (κ2) is 7.27. The van der Waals surface area contributed by atoms with Crippen molar-refractivity contribution in [3.05, 3.63) is 60.0 Å². The van der Waals surface area contributed by atoms with Gasteiger partial charge in [-0.3, -0.25) is 0 Å². The van der Waals surface area contributed by atoms with Crippen molar-refractivity contribution in [3.8, 4) is 0 Å². The smallest absolute Gasteiger partial charge is 0.407 e. The van der Waals surface area contributed by atoms with Crippen molar-refractivity contribution < 1.29 is 17.9 Å². The van der Waals surface area contributed by atoms with E-state index in [4.69, 9.17) is 4.74 Å². The van der Waals surface area contributed by atoms with Crippen LogP contribution >= 0.6 is 0 Å². The van der Waals surface area contributed by atoms with Gasteiger partial charge in [0.15, 0.2) is 5.03 Å². The number of hydrogen-bond acceptors (Lipinski definition) is 5. The molecule has 0 bridgehead atoms. The molecule has 1 N–H and O–H groups in total. The summed E-state index contributed by atoms with van der Waals surface area (Å²) >= 11 is 0. The van der Waals surface area contributed by atoms with E-state index in [1.165, 1.54) is 12.4 Å². The van der Waals surface area contributed by atoms with Gasteiger partial charge in [-0.1, -0.05) is 17.7 Å². The number of hydrogen-bond donors (Lipinski definition) is 1. The first-order valence-corrected chi connectivity index (χ1v) is 10.3. The highest BCUT2D eigenvalue weighted by atomic mass is 32.2. The minimum Gasteiger partial charge on any atom is -0.444 e. The lowest BCUT2D eigenvalue weighted by atomic mass is 10.2. The number of alkyl carbamates (subject to hydrolysis) is 1. The van der Waals surface area contributed by atoms with Crippen LogP contribution < -0.4 is 5.32 Å². The van der Waals surface area contributed by atoms with Crippen molar-refractivity contribution in [1.82, 2.24) is 14.7 Å². The van der Waals surface area contributed by atoms with Gasteiger partial charge in [0, 0.05) is 18.3 Å². The molecule has 0 fully saturated rings. The van der Waals surface area contributed by atoms with Crippen LogP contribution in [0.3, 0.4) is 0 Å². The van der Waals surface area contributed by atoms with Crippen molar-refractivity contribution in [2.45, 2.75) is 49.8 Å². The lowest BCUT2D eigenvalue weighted by Gasteiger charge is -2.19. The van der Waals surface area contributed by atoms with E-state index in [0.717, 1.165) is 11.1 Å². The molecule has 2 aromatic heterocycles. The largest absolute Gasteiger partial charge is 0.444 e. The number of nitrogens with one attached hydrogen (secondary N) is 1. The normalized spacial score (nSPS) is 12.1. The van der Waals surface area contributed by atoms with Gasteiger partial charge in [-0.25, -0.2) is 18.2 Å². The van der Waals surface area contributed by atoms with E-state index in [9.17, 15) is 13.2 Å². The third kappa shape index (κ3) is 4.51. The number of aryl methyl sites for hydroxylation is 1. The first-order valence-electron chi connectivity index (χ1n) is 8.80. The van der Waals surface area contributed by atoms with E-state index in [2.05, 4.69) is 10.3 Å². The molecule has 28 heavy (non-hydrogen) atoms. The molecule has 1 aromatic carbocycles. The Morgan fingerprint density at radius 2 is 1.86 bits per heavy atom. The molecule has 2 heterocycles. The van der Waals surface area contributed by atoms with Crippen molar-refractivity contribution in [3.63, 3.8) is 0 Å². The standard InChI is InChI=1S/C20H23N3O4S/c1-14-5-7-17(8-6-14)28(25,26)18-10-16-9-15(12-23(16)13-22-18)11-21-19(24)27-20(2,3)4/h5-10,12-13H,11H2,1-4H3,(H,21,24). The highest BCUT2D eigenvalue weighted by Gasteiger charge is 2.20. The zero-order chi connectivity index (χ0) is 20.5. The molecule has 0 unspecified atom stereocenters. The predicted molar refractivity (Wildman–Crippen MR) is 105 cm³/mol. The summed E-state index contributed by atoms with van der Waals surface area (Å²) in [6, 6.07) is 9.97. The zero-order valence-electron chi connectivity index (χ0n) is 16.3. The Bertz CT molecular complexity index is 1110. The van der Waals surface area contributed by atoms with Crippen LogP contribution in [0.4, 0.5) is 4.79 Å². The number of aromatic nitrogens is 2. The number of carbonyl (C=O) groups is 1. The maximum Gasteiger partial charge on any atom is 0.407 e. The van der Waals surface area contributed by atoms with E-state index in [-0.39, 0.29) is 16.5 Å². The number of benzene rings is 1. The third-order valence-electron chi connectivity index (χ3n) is 3.96. The SMILES string of the molecule is Cc1ccc(S(=O)(=O)c2cc3cc(CNC(=O)OC(C)(C)C)cn3cn2)cc1. The lowest BCUT2D eigenvalue weighted by molar-refractivity contribution is 0.0523. The summed E-state index contributed by atoms with van der Waals surface area (Å²) in [5.41, 5.74) is 1.88. The molecule has 0 saturated carbocycles. The number of nitrogens with zero attached hydrogens (tertiary/aromatic N) is 2. The summed E-state index contributed by atoms with van der Waals surface area (Å²) in [6.45, 7) is 7.54. The van der Waals surface area contributed by atoms with Crippen LogP contribution in [0.2, 0.25) is 0 Å². The van der Waals surface area contributed by atoms with E-state index >= 15 is 0 Å². The van der Waals surface area contributed by atoms with Crippen LogP contribution in [0, 0.1) is 6.92 Å². The van der Waals surface area contributed by atoms with Gasteiger partial charge in [0.25, 0.3) is 0 Å². The molecular formula is C20H23N3O4S. The minimum absolute atomic E-state index is 0.0198. The third-order valence-corrected chi connectivity index (χ3v) is 5.63. The average Bonchev–Trinajstić information content (AvgIpc) is 3.01. The van der Waals surface area contributed by atoms with E-state index in [0.29, 0.717) is 5.52 Å². The van der Waals surface area contributed by atoms with Gasteiger partial charge in [-0.05, 0) is 57.5 Å². The van der Waals surface area contributed by atoms with Gasteiger partial charge in [-0.15, -0.1) is 0 Å². The summed E-state index contributed by atoms with van der Waals surface area (Å²) in [5.74, 6) is 0. The lowest BCUT2D eigenvalue weighted by Crippen LogP contribution is -2.32. The Morgan fingerprint density at radius 1 is 1.18 bits per heavy atom. The van der Waals surface area contributed by atoms with Gasteiger partial charge >= 0.3 is 6.09 Å². The topological polar surface area (TPSA) is 89.8 Å². The Labute approximate surface area is 164 Å². The molecule has 1 amide bonds. The van der Waals surface area contributed by atoms with Gasteiger partial charge in [-0.2, -0.15) is 0 Å². The maximum absolute atomic E-state index is 12.8. The van der Waals surface area contributed by atoms with Crippen LogP contribution in [0.5, 0.6) is 0 Å². The number of sulfone groups is 1. The van der Waals surface area contributed by atoms with Crippen LogP contribution in [0.1, 0.15) is 31.9 Å². The van der Waals surface area contributed by atoms with E-state index in [1.54, 1.807) is 61.7 Å². The summed E-state index contributed by atoms with van der Waals surface area (Å²) < 4.78 is 32.5. The van der Waals surface area contributed by atoms with Crippen LogP contribution in [0.25, 0.3) is 5.52 Å². The number of carbonyl (C=O) groups excluding carboxylic acids is 1. The molecule has 8 heteroatoms. The fourth-order valence-corrected chi connectivity index (χ4v) is 3.82. The first kappa shape index (κ1) is 19.9. The second-order valence-electron chi connectivity index (χ2n) is 7.58. The molecule has 0 aliphatic carbocycles. The van der Waals surface area contributed by atoms with E-state index < -0.39 is 21.5 Å². The molecule has 0 atom stereocenters. The molecule has 0 radical (unpaired) electrons. The monoisotopic (exact) mass is 401 g/mol. The van der Waals surface area contributed by atoms with Gasteiger partial charge in [0.1, 0.15) is 11.9 Å². The van der Waals surface area contributed by atoms with Crippen LogP contribution in [-0.4, -0.2) is 29.5 Å². The molecule has 0 saturated heterocycles. The quantitative estimate of drug-likeness (QED) is 0.676. The summed E-state index contributed by atoms with van der Waals surface area (Å²) in [6.07, 6.45) is 2.72. The molecule has 0 aliphatic heterocycles. The molecule has 148 valence electrons. The fourth-order valence-electron chi connectivity index (χ4n) is 2.62. The van der Waals surface area contributed by atoms with Gasteiger partial charge in [0.2, 0.25) is 9.84 Å². The predicted octanol–water partition coefficient (Wildman–Crippen LogP) is 3.50.